The highest BCUT2D eigenvalue weighted by Gasteiger charge is 2.41. The molecule has 2 aliphatic rings. The number of cyclic esters (lactones) is 1. The number of piperidine rings is 1. The number of carbonyl (C=O) groups is 1. The van der Waals surface area contributed by atoms with Gasteiger partial charge >= 0.3 is 6.09 Å². The van der Waals surface area contributed by atoms with Gasteiger partial charge in [-0.05, 0) is 52.0 Å². The van der Waals surface area contributed by atoms with Gasteiger partial charge in [0.1, 0.15) is 24.4 Å². The molecule has 0 spiro atoms. The van der Waals surface area contributed by atoms with Crippen molar-refractivity contribution < 1.29 is 23.8 Å². The third-order valence-corrected chi connectivity index (χ3v) is 4.86. The number of ether oxygens (including phenoxy) is 2. The Morgan fingerprint density at radius 3 is 2.53 bits per heavy atom. The summed E-state index contributed by atoms with van der Waals surface area (Å²) in [5.74, 6) is -0.733. The predicted molar refractivity (Wildman–Crippen MR) is 113 cm³/mol. The molecule has 0 saturated carbocycles. The van der Waals surface area contributed by atoms with Crippen molar-refractivity contribution in [2.45, 2.75) is 51.4 Å². The summed E-state index contributed by atoms with van der Waals surface area (Å²) >= 11 is 0. The predicted octanol–water partition coefficient (Wildman–Crippen LogP) is 2.40. The van der Waals surface area contributed by atoms with E-state index < -0.39 is 23.6 Å². The fourth-order valence-electron chi connectivity index (χ4n) is 3.26. The van der Waals surface area contributed by atoms with Gasteiger partial charge < -0.3 is 25.6 Å². The Balaban J connectivity index is 0.00000106. The van der Waals surface area contributed by atoms with Crippen molar-refractivity contribution in [2.75, 3.05) is 38.2 Å². The number of benzene rings is 1. The van der Waals surface area contributed by atoms with Gasteiger partial charge in [0.25, 0.3) is 0 Å². The van der Waals surface area contributed by atoms with Crippen molar-refractivity contribution in [3.63, 3.8) is 0 Å². The molecule has 2 fully saturated rings. The number of aliphatic hydroxyl groups excluding tert-OH is 1. The fraction of sp³-hybridized carbons (Fsp3) is 0.650. The zero-order valence-electron chi connectivity index (χ0n) is 18.1. The molecule has 0 bridgehead atoms. The van der Waals surface area contributed by atoms with Crippen molar-refractivity contribution >= 4 is 11.8 Å². The standard InChI is InChI=1S/C17H22FN3O5.C2H6.CH5N/c1-11-9-21(16(23)26-11)12-2-3-14(13(18)8-12)25-10-15(22)17(20-24)4-6-19-7-5-17;2*1-2/h2-3,8,11,15,19,22H,4-7,9-10H2,1H3;1-2H3;2H2,1H3. The third kappa shape index (κ3) is 6.10. The third-order valence-electron chi connectivity index (χ3n) is 4.86. The molecule has 9 nitrogen and oxygen atoms in total. The molecule has 0 aromatic heterocycles. The first-order valence-corrected chi connectivity index (χ1v) is 10.2. The van der Waals surface area contributed by atoms with Crippen LogP contribution in [0.25, 0.3) is 0 Å². The first-order chi connectivity index (χ1) is 14.4. The Hall–Kier alpha value is -2.30. The lowest BCUT2D eigenvalue weighted by Crippen LogP contribution is -2.50. The second kappa shape index (κ2) is 12.4. The van der Waals surface area contributed by atoms with Crippen LogP contribution in [0.15, 0.2) is 23.4 Å². The lowest BCUT2D eigenvalue weighted by atomic mass is 9.84. The van der Waals surface area contributed by atoms with E-state index in [0.717, 1.165) is 0 Å². The number of anilines is 1. The number of rotatable bonds is 6. The summed E-state index contributed by atoms with van der Waals surface area (Å²) in [6, 6.07) is 4.11. The average molecular weight is 429 g/mol. The number of nitrogens with zero attached hydrogens (tertiary/aromatic N) is 2. The van der Waals surface area contributed by atoms with Crippen LogP contribution in [0, 0.1) is 10.7 Å². The number of amides is 1. The van der Waals surface area contributed by atoms with Gasteiger partial charge in [0.2, 0.25) is 0 Å². The minimum atomic E-state index is -1.13. The Bertz CT molecular complexity index is 685. The maximum Gasteiger partial charge on any atom is 0.414 e. The second-order valence-corrected chi connectivity index (χ2v) is 6.69. The highest BCUT2D eigenvalue weighted by Crippen LogP contribution is 2.30. The summed E-state index contributed by atoms with van der Waals surface area (Å²) < 4.78 is 24.7. The quantitative estimate of drug-likeness (QED) is 0.594. The van der Waals surface area contributed by atoms with Gasteiger partial charge in [-0.2, -0.15) is 4.91 Å². The van der Waals surface area contributed by atoms with Gasteiger partial charge in [0.05, 0.1) is 12.2 Å². The Labute approximate surface area is 176 Å². The summed E-state index contributed by atoms with van der Waals surface area (Å²) in [5.41, 5.74) is 3.76. The van der Waals surface area contributed by atoms with E-state index in [1.54, 1.807) is 13.0 Å². The normalized spacial score (nSPS) is 20.7. The minimum Gasteiger partial charge on any atom is -0.488 e. The van der Waals surface area contributed by atoms with Gasteiger partial charge in [0, 0.05) is 6.07 Å². The van der Waals surface area contributed by atoms with E-state index >= 15 is 0 Å². The Kier molecular flexibility index (Phi) is 10.6. The van der Waals surface area contributed by atoms with E-state index in [4.69, 9.17) is 9.47 Å². The molecule has 10 heteroatoms. The molecule has 1 aromatic carbocycles. The zero-order valence-corrected chi connectivity index (χ0v) is 18.1. The molecule has 1 amide bonds. The highest BCUT2D eigenvalue weighted by molar-refractivity contribution is 5.89. The summed E-state index contributed by atoms with van der Waals surface area (Å²) in [7, 11) is 1.50. The largest absolute Gasteiger partial charge is 0.488 e. The number of nitrogens with one attached hydrogen (secondary N) is 1. The van der Waals surface area contributed by atoms with Crippen LogP contribution >= 0.6 is 0 Å². The van der Waals surface area contributed by atoms with E-state index in [2.05, 4.69) is 16.2 Å². The number of nitroso groups, excluding NO2 is 1. The van der Waals surface area contributed by atoms with E-state index in [0.29, 0.717) is 38.2 Å². The van der Waals surface area contributed by atoms with Crippen molar-refractivity contribution in [3.8, 4) is 5.75 Å². The Morgan fingerprint density at radius 2 is 2.03 bits per heavy atom. The van der Waals surface area contributed by atoms with Crippen molar-refractivity contribution in [2.24, 2.45) is 10.9 Å². The Morgan fingerprint density at radius 1 is 1.40 bits per heavy atom. The first-order valence-electron chi connectivity index (χ1n) is 10.2. The van der Waals surface area contributed by atoms with Gasteiger partial charge in [-0.3, -0.25) is 4.90 Å². The van der Waals surface area contributed by atoms with Crippen LogP contribution in [-0.2, 0) is 4.74 Å². The molecule has 0 aliphatic carbocycles. The van der Waals surface area contributed by atoms with E-state index in [1.807, 2.05) is 13.8 Å². The van der Waals surface area contributed by atoms with Crippen LogP contribution in [-0.4, -0.2) is 62.2 Å². The SMILES string of the molecule is CC.CC1CN(c2ccc(OCC(O)C3(N=O)CCNCC3)c(F)c2)C(=O)O1.CN. The smallest absolute Gasteiger partial charge is 0.414 e. The first kappa shape index (κ1) is 25.7. The maximum atomic E-state index is 14.3. The molecule has 3 rings (SSSR count). The number of nitrogens with two attached hydrogens (primary N) is 1. The number of halogens is 1. The van der Waals surface area contributed by atoms with Crippen LogP contribution in [0.3, 0.4) is 0 Å². The monoisotopic (exact) mass is 428 g/mol. The molecule has 2 heterocycles. The molecule has 2 unspecified atom stereocenters. The summed E-state index contributed by atoms with van der Waals surface area (Å²) in [4.78, 5) is 24.3. The lowest BCUT2D eigenvalue weighted by Gasteiger charge is -2.34. The summed E-state index contributed by atoms with van der Waals surface area (Å²) in [5, 5.41) is 16.6. The fourth-order valence-corrected chi connectivity index (χ4v) is 3.26. The van der Waals surface area contributed by atoms with E-state index in [-0.39, 0.29) is 18.5 Å². The number of aliphatic hydroxyl groups is 1. The van der Waals surface area contributed by atoms with Crippen LogP contribution < -0.4 is 20.7 Å². The molecule has 30 heavy (non-hydrogen) atoms. The van der Waals surface area contributed by atoms with Crippen molar-refractivity contribution in [1.82, 2.24) is 5.32 Å². The van der Waals surface area contributed by atoms with E-state index in [1.165, 1.54) is 24.1 Å². The number of carbonyl (C=O) groups excluding carboxylic acids is 1. The molecule has 2 aliphatic heterocycles. The molecule has 4 N–H and O–H groups in total. The molecular weight excluding hydrogens is 395 g/mol. The molecule has 2 saturated heterocycles. The molecule has 170 valence electrons. The molecule has 1 aromatic rings. The van der Waals surface area contributed by atoms with Gasteiger partial charge in [-0.25, -0.2) is 9.18 Å². The topological polar surface area (TPSA) is 126 Å². The molecular formula is C20H33FN4O5. The minimum absolute atomic E-state index is 0.0663. The van der Waals surface area contributed by atoms with E-state index in [9.17, 15) is 19.2 Å². The zero-order chi connectivity index (χ0) is 22.7. The number of hydrogen-bond acceptors (Lipinski definition) is 8. The molecule has 2 atom stereocenters. The van der Waals surface area contributed by atoms with Gasteiger partial charge in [-0.15, -0.1) is 0 Å². The van der Waals surface area contributed by atoms with Crippen LogP contribution in [0.4, 0.5) is 14.9 Å². The van der Waals surface area contributed by atoms with Crippen molar-refractivity contribution in [3.05, 3.63) is 28.9 Å². The van der Waals surface area contributed by atoms with Crippen LogP contribution in [0.2, 0.25) is 0 Å². The summed E-state index contributed by atoms with van der Waals surface area (Å²) in [6.45, 7) is 7.01. The van der Waals surface area contributed by atoms with Crippen molar-refractivity contribution in [1.29, 1.82) is 0 Å². The average Bonchev–Trinajstić information content (AvgIpc) is 3.13. The van der Waals surface area contributed by atoms with Crippen LogP contribution in [0.1, 0.15) is 33.6 Å². The second-order valence-electron chi connectivity index (χ2n) is 6.69. The summed E-state index contributed by atoms with van der Waals surface area (Å²) in [6.07, 6.45) is -1.11. The molecule has 0 radical (unpaired) electrons. The lowest BCUT2D eigenvalue weighted by molar-refractivity contribution is 0.0245. The maximum absolute atomic E-state index is 14.3. The van der Waals surface area contributed by atoms with Gasteiger partial charge in [-0.1, -0.05) is 19.0 Å². The number of hydrogen-bond donors (Lipinski definition) is 3. The van der Waals surface area contributed by atoms with Crippen LogP contribution in [0.5, 0.6) is 5.75 Å². The highest BCUT2D eigenvalue weighted by atomic mass is 19.1. The van der Waals surface area contributed by atoms with Gasteiger partial charge in [0.15, 0.2) is 11.6 Å².